The predicted octanol–water partition coefficient (Wildman–Crippen LogP) is 13.5. The molecule has 246 valence electrons. The summed E-state index contributed by atoms with van der Waals surface area (Å²) < 4.78 is 2.39. The minimum Gasteiger partial charge on any atom is -0.310 e. The molecule has 7 aromatic carbocycles. The average Bonchev–Trinajstić information content (AvgIpc) is 3.57. The molecule has 0 saturated heterocycles. The number of para-hydroxylation sites is 3. The van der Waals surface area contributed by atoms with Crippen LogP contribution in [0.3, 0.4) is 0 Å². The lowest BCUT2D eigenvalue weighted by atomic mass is 9.82. The highest BCUT2D eigenvalue weighted by Gasteiger charge is 2.20. The topological polar surface area (TPSA) is 8.17 Å². The van der Waals surface area contributed by atoms with Gasteiger partial charge in [-0.05, 0) is 112 Å². The fourth-order valence-corrected chi connectivity index (χ4v) is 8.23. The van der Waals surface area contributed by atoms with E-state index in [-0.39, 0.29) is 0 Å². The van der Waals surface area contributed by atoms with Crippen molar-refractivity contribution in [1.82, 2.24) is 4.57 Å². The number of rotatable bonds is 6. The minimum atomic E-state index is 0.460. The van der Waals surface area contributed by atoms with Crippen molar-refractivity contribution >= 4 is 55.2 Å². The summed E-state index contributed by atoms with van der Waals surface area (Å²) in [6.45, 7) is 0. The van der Waals surface area contributed by atoms with Crippen LogP contribution >= 0.6 is 0 Å². The average molecular weight is 665 g/mol. The number of hydrogen-bond acceptors (Lipinski definition) is 1. The Morgan fingerprint density at radius 3 is 2.08 bits per heavy atom. The minimum absolute atomic E-state index is 0.460. The first kappa shape index (κ1) is 30.2. The number of nitrogens with zero attached hydrogens (tertiary/aromatic N) is 2. The molecule has 0 aliphatic heterocycles. The van der Waals surface area contributed by atoms with Crippen molar-refractivity contribution in [2.45, 2.75) is 6.42 Å². The summed E-state index contributed by atoms with van der Waals surface area (Å²) in [6.07, 6.45) is 14.6. The molecule has 1 unspecified atom stereocenters. The Labute approximate surface area is 304 Å². The molecular weight excluding hydrogens is 629 g/mol. The fourth-order valence-electron chi connectivity index (χ4n) is 8.23. The molecule has 0 radical (unpaired) electrons. The van der Waals surface area contributed by atoms with Gasteiger partial charge >= 0.3 is 0 Å². The van der Waals surface area contributed by atoms with E-state index in [0.29, 0.717) is 5.92 Å². The highest BCUT2D eigenvalue weighted by Crippen LogP contribution is 2.41. The Kier molecular flexibility index (Phi) is 7.32. The molecule has 0 saturated carbocycles. The fraction of sp³-hybridized carbons (Fsp3) is 0.0400. The van der Waals surface area contributed by atoms with Crippen molar-refractivity contribution in [3.05, 3.63) is 211 Å². The van der Waals surface area contributed by atoms with Gasteiger partial charge in [0.25, 0.3) is 0 Å². The maximum Gasteiger partial charge on any atom is 0.0547 e. The number of benzene rings is 7. The maximum absolute atomic E-state index is 2.39. The number of allylic oxidation sites excluding steroid dienone is 8. The van der Waals surface area contributed by atoms with Crippen molar-refractivity contribution in [2.24, 2.45) is 5.92 Å². The Bertz CT molecular complexity index is 2740. The van der Waals surface area contributed by atoms with E-state index < -0.39 is 0 Å². The standard InChI is InChI=1S/C50H36N2/c1-3-16-40(17-4-1)51(42-30-27-36(28-31-42)45-23-12-14-35-13-7-8-21-44(35)45)43-20-11-15-38(33-43)39-26-25-37-29-32-49-50(47(37)34-39)46-22-9-10-24-48(46)52(49)41-18-5-2-6-19-41/h1-13,15-35H,14H2. The van der Waals surface area contributed by atoms with Crippen LogP contribution in [0, 0.1) is 5.92 Å². The summed E-state index contributed by atoms with van der Waals surface area (Å²) in [7, 11) is 0. The van der Waals surface area contributed by atoms with Crippen LogP contribution in [0.1, 0.15) is 12.0 Å². The van der Waals surface area contributed by atoms with E-state index in [0.717, 1.165) is 23.5 Å². The second-order valence-corrected chi connectivity index (χ2v) is 13.7. The zero-order valence-electron chi connectivity index (χ0n) is 28.7. The third-order valence-corrected chi connectivity index (χ3v) is 10.7. The SMILES string of the molecule is C1=CC2=C(c3ccc(N(c4ccccc4)c4cccc(-c5ccc6ccc7c(c6c5)c5ccccc5n7-c5ccccc5)c4)cc3)C=CCC2C=C1. The lowest BCUT2D eigenvalue weighted by molar-refractivity contribution is 0.784. The summed E-state index contributed by atoms with van der Waals surface area (Å²) in [6, 6.07) is 59.6. The molecule has 8 aromatic rings. The Hall–Kier alpha value is -6.64. The lowest BCUT2D eigenvalue weighted by Gasteiger charge is -2.27. The molecule has 2 aliphatic carbocycles. The number of anilines is 3. The number of hydrogen-bond donors (Lipinski definition) is 0. The summed E-state index contributed by atoms with van der Waals surface area (Å²) in [5, 5.41) is 5.06. The van der Waals surface area contributed by atoms with Gasteiger partial charge in [0.05, 0.1) is 11.0 Å². The highest BCUT2D eigenvalue weighted by atomic mass is 15.1. The van der Waals surface area contributed by atoms with Crippen LogP contribution in [0.4, 0.5) is 17.1 Å². The van der Waals surface area contributed by atoms with Crippen LogP contribution in [0.25, 0.3) is 55.0 Å². The molecule has 1 aromatic heterocycles. The normalized spacial score (nSPS) is 15.1. The summed E-state index contributed by atoms with van der Waals surface area (Å²) in [5.41, 5.74) is 13.3. The molecule has 0 fully saturated rings. The molecular formula is C50H36N2. The first-order valence-electron chi connectivity index (χ1n) is 18.1. The molecule has 0 spiro atoms. The van der Waals surface area contributed by atoms with Gasteiger partial charge in [-0.15, -0.1) is 0 Å². The molecule has 2 nitrogen and oxygen atoms in total. The molecule has 1 heterocycles. The first-order valence-corrected chi connectivity index (χ1v) is 18.1. The van der Waals surface area contributed by atoms with Crippen LogP contribution < -0.4 is 4.90 Å². The third kappa shape index (κ3) is 5.11. The van der Waals surface area contributed by atoms with Crippen LogP contribution in [0.2, 0.25) is 0 Å². The van der Waals surface area contributed by atoms with Gasteiger partial charge in [-0.1, -0.05) is 134 Å². The van der Waals surface area contributed by atoms with Crippen molar-refractivity contribution in [1.29, 1.82) is 0 Å². The van der Waals surface area contributed by atoms with E-state index in [9.17, 15) is 0 Å². The maximum atomic E-state index is 2.39. The Morgan fingerprint density at radius 2 is 1.21 bits per heavy atom. The van der Waals surface area contributed by atoms with Gasteiger partial charge in [-0.3, -0.25) is 0 Å². The van der Waals surface area contributed by atoms with E-state index in [1.807, 2.05) is 0 Å². The zero-order valence-corrected chi connectivity index (χ0v) is 28.7. The monoisotopic (exact) mass is 664 g/mol. The Balaban J connectivity index is 1.08. The first-order chi connectivity index (χ1) is 25.8. The van der Waals surface area contributed by atoms with Crippen LogP contribution in [-0.4, -0.2) is 4.57 Å². The predicted molar refractivity (Wildman–Crippen MR) is 221 cm³/mol. The molecule has 52 heavy (non-hydrogen) atoms. The van der Waals surface area contributed by atoms with Crippen molar-refractivity contribution < 1.29 is 0 Å². The Morgan fingerprint density at radius 1 is 0.500 bits per heavy atom. The van der Waals surface area contributed by atoms with Gasteiger partial charge in [0, 0.05) is 39.4 Å². The quantitative estimate of drug-likeness (QED) is 0.172. The molecule has 0 bridgehead atoms. The van der Waals surface area contributed by atoms with E-state index in [1.54, 1.807) is 0 Å². The zero-order chi connectivity index (χ0) is 34.4. The number of fused-ring (bicyclic) bond motifs is 6. The van der Waals surface area contributed by atoms with Crippen LogP contribution in [0.5, 0.6) is 0 Å². The van der Waals surface area contributed by atoms with E-state index >= 15 is 0 Å². The highest BCUT2D eigenvalue weighted by molar-refractivity contribution is 6.21. The van der Waals surface area contributed by atoms with E-state index in [1.165, 1.54) is 66.1 Å². The molecule has 10 rings (SSSR count). The van der Waals surface area contributed by atoms with Crippen molar-refractivity contribution in [3.63, 3.8) is 0 Å². The largest absolute Gasteiger partial charge is 0.310 e. The third-order valence-electron chi connectivity index (χ3n) is 10.7. The smallest absolute Gasteiger partial charge is 0.0547 e. The molecule has 0 amide bonds. The molecule has 0 N–H and O–H groups in total. The van der Waals surface area contributed by atoms with Crippen LogP contribution in [-0.2, 0) is 0 Å². The van der Waals surface area contributed by atoms with E-state index in [2.05, 4.69) is 210 Å². The van der Waals surface area contributed by atoms with Crippen molar-refractivity contribution in [2.75, 3.05) is 4.90 Å². The summed E-state index contributed by atoms with van der Waals surface area (Å²) in [4.78, 5) is 2.36. The number of aromatic nitrogens is 1. The van der Waals surface area contributed by atoms with Crippen LogP contribution in [0.15, 0.2) is 206 Å². The second-order valence-electron chi connectivity index (χ2n) is 13.7. The molecule has 2 aliphatic rings. The van der Waals surface area contributed by atoms with Gasteiger partial charge in [-0.2, -0.15) is 0 Å². The van der Waals surface area contributed by atoms with Gasteiger partial charge < -0.3 is 9.47 Å². The van der Waals surface area contributed by atoms with Gasteiger partial charge in [0.1, 0.15) is 0 Å². The molecule has 1 atom stereocenters. The van der Waals surface area contributed by atoms with Gasteiger partial charge in [0.2, 0.25) is 0 Å². The summed E-state index contributed by atoms with van der Waals surface area (Å²) >= 11 is 0. The van der Waals surface area contributed by atoms with E-state index in [4.69, 9.17) is 0 Å². The second kappa shape index (κ2) is 12.6. The van der Waals surface area contributed by atoms with Gasteiger partial charge in [-0.25, -0.2) is 0 Å². The lowest BCUT2D eigenvalue weighted by Crippen LogP contribution is -2.10. The molecule has 2 heteroatoms. The van der Waals surface area contributed by atoms with Crippen molar-refractivity contribution in [3.8, 4) is 16.8 Å². The summed E-state index contributed by atoms with van der Waals surface area (Å²) in [5.74, 6) is 0.460. The van der Waals surface area contributed by atoms with Gasteiger partial charge in [0.15, 0.2) is 0 Å².